The predicted molar refractivity (Wildman–Crippen MR) is 112 cm³/mol. The molecule has 196 valence electrons. The normalized spacial score (nSPS) is 23.3. The number of carboxylic acids is 2. The lowest BCUT2D eigenvalue weighted by molar-refractivity contribution is -0.193. The second-order valence-electron chi connectivity index (χ2n) is 8.29. The van der Waals surface area contributed by atoms with Crippen molar-refractivity contribution in [2.24, 2.45) is 11.3 Å². The van der Waals surface area contributed by atoms with Gasteiger partial charge in [-0.15, -0.1) is 11.3 Å². The quantitative estimate of drug-likeness (QED) is 0.583. The number of nitrogens with zero attached hydrogens (tertiary/aromatic N) is 2. The Morgan fingerprint density at radius 2 is 1.65 bits per heavy atom. The number of hydrogen-bond donors (Lipinski definition) is 2. The van der Waals surface area contributed by atoms with Gasteiger partial charge < -0.3 is 19.8 Å². The van der Waals surface area contributed by atoms with E-state index in [1.165, 1.54) is 42.4 Å². The number of carbonyl (C=O) groups is 2. The Kier molecular flexibility index (Phi) is 10.8. The molecule has 34 heavy (non-hydrogen) atoms. The van der Waals surface area contributed by atoms with Crippen molar-refractivity contribution in [1.82, 2.24) is 9.80 Å². The smallest absolute Gasteiger partial charge is 0.475 e. The van der Waals surface area contributed by atoms with Crippen LogP contribution in [0, 0.1) is 18.3 Å². The Morgan fingerprint density at radius 3 is 2.06 bits per heavy atom. The summed E-state index contributed by atoms with van der Waals surface area (Å²) in [4.78, 5) is 25.9. The van der Waals surface area contributed by atoms with Crippen molar-refractivity contribution in [2.45, 2.75) is 32.2 Å². The minimum absolute atomic E-state index is 0.469. The lowest BCUT2D eigenvalue weighted by Crippen LogP contribution is -2.35. The molecule has 14 heteroatoms. The van der Waals surface area contributed by atoms with Crippen molar-refractivity contribution >= 4 is 23.3 Å². The zero-order valence-electron chi connectivity index (χ0n) is 18.9. The molecular formula is C20H28F6N2O5S. The third kappa shape index (κ3) is 9.39. The van der Waals surface area contributed by atoms with Gasteiger partial charge in [0.25, 0.3) is 0 Å². The number of aliphatic carboxylic acids is 2. The zero-order valence-corrected chi connectivity index (χ0v) is 19.7. The average molecular weight is 523 g/mol. The summed E-state index contributed by atoms with van der Waals surface area (Å²) in [6.45, 7) is 9.15. The highest BCUT2D eigenvalue weighted by molar-refractivity contribution is 7.11. The van der Waals surface area contributed by atoms with Crippen molar-refractivity contribution in [3.8, 4) is 0 Å². The maximum atomic E-state index is 10.6. The molecule has 2 aliphatic heterocycles. The number of hydrogen-bond acceptors (Lipinski definition) is 6. The topological polar surface area (TPSA) is 90.3 Å². The predicted octanol–water partition coefficient (Wildman–Crippen LogP) is 3.72. The van der Waals surface area contributed by atoms with E-state index in [4.69, 9.17) is 24.5 Å². The van der Waals surface area contributed by atoms with Gasteiger partial charge in [0.1, 0.15) is 0 Å². The van der Waals surface area contributed by atoms with Gasteiger partial charge in [-0.1, -0.05) is 0 Å². The van der Waals surface area contributed by atoms with Crippen molar-refractivity contribution < 1.29 is 50.9 Å². The number of alkyl halides is 6. The Bertz CT molecular complexity index is 792. The van der Waals surface area contributed by atoms with E-state index < -0.39 is 24.3 Å². The minimum Gasteiger partial charge on any atom is -0.475 e. The fraction of sp³-hybridized carbons (Fsp3) is 0.700. The van der Waals surface area contributed by atoms with Crippen molar-refractivity contribution in [3.63, 3.8) is 0 Å². The van der Waals surface area contributed by atoms with Crippen LogP contribution in [-0.2, 0) is 20.9 Å². The second-order valence-corrected chi connectivity index (χ2v) is 9.66. The summed E-state index contributed by atoms with van der Waals surface area (Å²) in [5.41, 5.74) is 0.469. The van der Waals surface area contributed by atoms with Gasteiger partial charge in [-0.3, -0.25) is 4.90 Å². The Labute approximate surface area is 196 Å². The molecule has 3 rings (SSSR count). The van der Waals surface area contributed by atoms with E-state index in [0.29, 0.717) is 11.3 Å². The summed E-state index contributed by atoms with van der Waals surface area (Å²) >= 11 is 1.94. The Morgan fingerprint density at radius 1 is 1.12 bits per heavy atom. The summed E-state index contributed by atoms with van der Waals surface area (Å²) in [7, 11) is 4.09. The molecule has 0 unspecified atom stereocenters. The SMILES string of the molecule is COC[C@@H]1CN(C)C[C@@]12CCN(Cc1ccc(C)s1)C2.O=C(O)C(F)(F)F.O=C(O)C(F)(F)F. The van der Waals surface area contributed by atoms with E-state index in [2.05, 4.69) is 35.9 Å². The maximum Gasteiger partial charge on any atom is 0.490 e. The van der Waals surface area contributed by atoms with Crippen molar-refractivity contribution in [3.05, 3.63) is 21.9 Å². The summed E-state index contributed by atoms with van der Waals surface area (Å²) in [5.74, 6) is -4.81. The largest absolute Gasteiger partial charge is 0.490 e. The van der Waals surface area contributed by atoms with Gasteiger partial charge in [-0.05, 0) is 39.1 Å². The molecule has 2 fully saturated rings. The van der Waals surface area contributed by atoms with E-state index >= 15 is 0 Å². The van der Waals surface area contributed by atoms with Crippen molar-refractivity contribution in [1.29, 1.82) is 0 Å². The molecule has 0 aliphatic carbocycles. The number of thiophene rings is 1. The van der Waals surface area contributed by atoms with Crippen LogP contribution in [0.15, 0.2) is 12.1 Å². The Balaban J connectivity index is 0.000000343. The molecule has 3 heterocycles. The van der Waals surface area contributed by atoms with Gasteiger partial charge in [0.05, 0.1) is 6.61 Å². The minimum atomic E-state index is -5.08. The van der Waals surface area contributed by atoms with Gasteiger partial charge in [-0.25, -0.2) is 9.59 Å². The standard InChI is InChI=1S/C16H26N2OS.2C2HF3O2/c1-13-4-5-15(20-13)9-18-7-6-16(12-18)11-17(2)8-14(16)10-19-3;2*3-2(4,5)1(6)7/h4-5,14H,6-12H2,1-3H3;2*(H,6,7)/t14-,16+;;/m0../s1. The van der Waals surface area contributed by atoms with Crippen LogP contribution in [0.4, 0.5) is 26.3 Å². The monoisotopic (exact) mass is 522 g/mol. The second kappa shape index (κ2) is 12.2. The third-order valence-electron chi connectivity index (χ3n) is 5.48. The number of methoxy groups -OCH3 is 1. The maximum absolute atomic E-state index is 10.6. The van der Waals surface area contributed by atoms with Crippen LogP contribution in [0.2, 0.25) is 0 Å². The molecule has 0 bridgehead atoms. The van der Waals surface area contributed by atoms with Gasteiger partial charge in [0.15, 0.2) is 0 Å². The number of carboxylic acid groups (broad SMARTS) is 2. The first-order valence-electron chi connectivity index (χ1n) is 10.1. The van der Waals surface area contributed by atoms with E-state index in [1.807, 2.05) is 18.4 Å². The molecule has 2 N–H and O–H groups in total. The molecule has 0 saturated carbocycles. The van der Waals surface area contributed by atoms with Crippen LogP contribution in [-0.4, -0.2) is 91.2 Å². The van der Waals surface area contributed by atoms with Crippen LogP contribution in [0.5, 0.6) is 0 Å². The molecule has 1 spiro atoms. The van der Waals surface area contributed by atoms with Crippen LogP contribution in [0.3, 0.4) is 0 Å². The fourth-order valence-electron chi connectivity index (χ4n) is 4.10. The highest BCUT2D eigenvalue weighted by atomic mass is 32.1. The van der Waals surface area contributed by atoms with E-state index in [9.17, 15) is 26.3 Å². The highest BCUT2D eigenvalue weighted by Crippen LogP contribution is 2.44. The van der Waals surface area contributed by atoms with Crippen molar-refractivity contribution in [2.75, 3.05) is 46.9 Å². The summed E-state index contributed by atoms with van der Waals surface area (Å²) < 4.78 is 68.9. The third-order valence-corrected chi connectivity index (χ3v) is 6.46. The van der Waals surface area contributed by atoms with E-state index in [0.717, 1.165) is 13.2 Å². The summed E-state index contributed by atoms with van der Waals surface area (Å²) in [5, 5.41) is 14.2. The molecule has 0 amide bonds. The first-order valence-corrected chi connectivity index (χ1v) is 10.9. The van der Waals surface area contributed by atoms with Crippen LogP contribution in [0.25, 0.3) is 0 Å². The number of ether oxygens (including phenoxy) is 1. The average Bonchev–Trinajstić information content (AvgIpc) is 3.35. The lowest BCUT2D eigenvalue weighted by Gasteiger charge is -2.30. The molecule has 0 radical (unpaired) electrons. The molecule has 2 saturated heterocycles. The molecular weight excluding hydrogens is 494 g/mol. The Hall–Kier alpha value is -1.90. The highest BCUT2D eigenvalue weighted by Gasteiger charge is 2.49. The lowest BCUT2D eigenvalue weighted by atomic mass is 9.78. The van der Waals surface area contributed by atoms with Gasteiger partial charge in [-0.2, -0.15) is 26.3 Å². The van der Waals surface area contributed by atoms with Crippen LogP contribution < -0.4 is 0 Å². The molecule has 2 aliphatic rings. The van der Waals surface area contributed by atoms with Crippen LogP contribution >= 0.6 is 11.3 Å². The van der Waals surface area contributed by atoms with E-state index in [1.54, 1.807) is 0 Å². The first kappa shape index (κ1) is 30.1. The molecule has 2 atom stereocenters. The molecule has 7 nitrogen and oxygen atoms in total. The fourth-order valence-corrected chi connectivity index (χ4v) is 5.04. The van der Waals surface area contributed by atoms with Gasteiger partial charge >= 0.3 is 24.3 Å². The van der Waals surface area contributed by atoms with Gasteiger partial charge in [0.2, 0.25) is 0 Å². The number of likely N-dealkylation sites (tertiary alicyclic amines) is 2. The number of halogens is 6. The van der Waals surface area contributed by atoms with E-state index in [-0.39, 0.29) is 0 Å². The summed E-state index contributed by atoms with van der Waals surface area (Å²) in [6.07, 6.45) is -8.84. The summed E-state index contributed by atoms with van der Waals surface area (Å²) in [6, 6.07) is 4.53. The molecule has 1 aromatic heterocycles. The molecule has 1 aromatic rings. The number of rotatable bonds is 4. The number of aryl methyl sites for hydroxylation is 1. The first-order chi connectivity index (χ1) is 15.5. The van der Waals surface area contributed by atoms with Gasteiger partial charge in [0, 0.05) is 54.4 Å². The zero-order chi connectivity index (χ0) is 26.3. The van der Waals surface area contributed by atoms with Crippen LogP contribution in [0.1, 0.15) is 16.2 Å². The molecule has 0 aromatic carbocycles.